The van der Waals surface area contributed by atoms with Crippen molar-refractivity contribution in [3.63, 3.8) is 0 Å². The molecule has 0 aromatic heterocycles. The third-order valence-corrected chi connectivity index (χ3v) is 7.63. The van der Waals surface area contributed by atoms with Gasteiger partial charge in [0.05, 0.1) is 15.9 Å². The maximum atomic E-state index is 13.2. The minimum Gasteiger partial charge on any atom is -0.387 e. The molecule has 0 fully saturated rings. The number of hydrogen-bond donors (Lipinski definition) is 2. The second-order valence-electron chi connectivity index (χ2n) is 8.17. The van der Waals surface area contributed by atoms with Gasteiger partial charge in [-0.1, -0.05) is 41.9 Å². The second kappa shape index (κ2) is 11.7. The van der Waals surface area contributed by atoms with Crippen LogP contribution in [0.3, 0.4) is 0 Å². The molecule has 3 aromatic carbocycles. The van der Waals surface area contributed by atoms with E-state index in [0.717, 1.165) is 11.1 Å². The largest absolute Gasteiger partial charge is 0.387 e. The van der Waals surface area contributed by atoms with Crippen LogP contribution in [0.1, 0.15) is 35.3 Å². The maximum absolute atomic E-state index is 13.2. The molecule has 0 bridgehead atoms. The molecule has 7 nitrogen and oxygen atoms in total. The van der Waals surface area contributed by atoms with E-state index in [-0.39, 0.29) is 15.5 Å². The van der Waals surface area contributed by atoms with E-state index in [4.69, 9.17) is 16.5 Å². The molecule has 3 aromatic rings. The SMILES string of the molecule is CC(=O)OOc1c(C)ccc(S(=O)(=O)c2ccc(CCNC[C@H](O)c3cccc(Cl)c3)cc2)c1C. The fraction of sp³-hybridized carbons (Fsp3) is 0.269. The van der Waals surface area contributed by atoms with Crippen LogP contribution in [0.15, 0.2) is 70.5 Å². The Bertz CT molecular complexity index is 1290. The fourth-order valence-electron chi connectivity index (χ4n) is 3.59. The van der Waals surface area contributed by atoms with E-state index >= 15 is 0 Å². The van der Waals surface area contributed by atoms with Crippen molar-refractivity contribution >= 4 is 27.4 Å². The summed E-state index contributed by atoms with van der Waals surface area (Å²) in [5.41, 5.74) is 2.70. The van der Waals surface area contributed by atoms with Crippen LogP contribution in [0.25, 0.3) is 0 Å². The molecule has 0 saturated carbocycles. The number of halogens is 1. The van der Waals surface area contributed by atoms with Gasteiger partial charge in [-0.2, -0.15) is 0 Å². The van der Waals surface area contributed by atoms with Gasteiger partial charge in [0, 0.05) is 24.1 Å². The van der Waals surface area contributed by atoms with E-state index in [2.05, 4.69) is 10.2 Å². The van der Waals surface area contributed by atoms with E-state index < -0.39 is 21.9 Å². The summed E-state index contributed by atoms with van der Waals surface area (Å²) in [5, 5.41) is 14.0. The highest BCUT2D eigenvalue weighted by atomic mass is 35.5. The van der Waals surface area contributed by atoms with E-state index in [1.165, 1.54) is 13.0 Å². The van der Waals surface area contributed by atoms with E-state index in [9.17, 15) is 18.3 Å². The highest BCUT2D eigenvalue weighted by Gasteiger charge is 2.23. The molecule has 0 aliphatic rings. The smallest absolute Gasteiger partial charge is 0.352 e. The fourth-order valence-corrected chi connectivity index (χ4v) is 5.28. The van der Waals surface area contributed by atoms with Crippen LogP contribution in [0.4, 0.5) is 0 Å². The molecule has 3 rings (SSSR count). The minimum atomic E-state index is -3.81. The molecule has 0 spiro atoms. The highest BCUT2D eigenvalue weighted by Crippen LogP contribution is 2.32. The second-order valence-corrected chi connectivity index (χ2v) is 10.5. The van der Waals surface area contributed by atoms with Crippen LogP contribution in [-0.4, -0.2) is 32.6 Å². The van der Waals surface area contributed by atoms with Crippen molar-refractivity contribution in [1.82, 2.24) is 5.32 Å². The van der Waals surface area contributed by atoms with E-state index in [1.807, 2.05) is 6.07 Å². The first-order valence-corrected chi connectivity index (χ1v) is 12.9. The monoisotopic (exact) mass is 517 g/mol. The Morgan fingerprint density at radius 1 is 1.09 bits per heavy atom. The Morgan fingerprint density at radius 2 is 1.80 bits per heavy atom. The Hall–Kier alpha value is -2.91. The molecule has 0 aliphatic carbocycles. The number of nitrogens with one attached hydrogen (secondary N) is 1. The first-order valence-electron chi connectivity index (χ1n) is 11.0. The lowest BCUT2D eigenvalue weighted by Crippen LogP contribution is -2.23. The van der Waals surface area contributed by atoms with Gasteiger partial charge in [0.25, 0.3) is 0 Å². The Morgan fingerprint density at radius 3 is 2.46 bits per heavy atom. The molecule has 1 atom stereocenters. The molecule has 0 amide bonds. The average Bonchev–Trinajstić information content (AvgIpc) is 2.81. The number of carbonyl (C=O) groups is 1. The molecule has 0 aliphatic heterocycles. The molecule has 0 heterocycles. The Labute approximate surface area is 210 Å². The molecule has 0 saturated heterocycles. The van der Waals surface area contributed by atoms with Crippen molar-refractivity contribution in [2.75, 3.05) is 13.1 Å². The highest BCUT2D eigenvalue weighted by molar-refractivity contribution is 7.91. The molecule has 0 radical (unpaired) electrons. The summed E-state index contributed by atoms with van der Waals surface area (Å²) in [5.74, 6) is -0.440. The number of benzene rings is 3. The summed E-state index contributed by atoms with van der Waals surface area (Å²) < 4.78 is 26.5. The normalized spacial score (nSPS) is 12.3. The summed E-state index contributed by atoms with van der Waals surface area (Å²) in [6, 6.07) is 16.9. The van der Waals surface area contributed by atoms with Gasteiger partial charge in [0.15, 0.2) is 5.75 Å². The summed E-state index contributed by atoms with van der Waals surface area (Å²) in [4.78, 5) is 21.0. The zero-order valence-corrected chi connectivity index (χ0v) is 21.3. The third kappa shape index (κ3) is 6.82. The van der Waals surface area contributed by atoms with Gasteiger partial charge in [0.2, 0.25) is 9.84 Å². The third-order valence-electron chi connectivity index (χ3n) is 5.48. The molecule has 2 N–H and O–H groups in total. The van der Waals surface area contributed by atoms with Gasteiger partial charge < -0.3 is 10.4 Å². The van der Waals surface area contributed by atoms with Crippen molar-refractivity contribution < 1.29 is 28.1 Å². The Balaban J connectivity index is 1.64. The average molecular weight is 518 g/mol. The van der Waals surface area contributed by atoms with Crippen LogP contribution in [0.2, 0.25) is 5.02 Å². The predicted molar refractivity (Wildman–Crippen MR) is 133 cm³/mol. The number of aryl methyl sites for hydroxylation is 1. The van der Waals surface area contributed by atoms with E-state index in [1.54, 1.807) is 62.4 Å². The lowest BCUT2D eigenvalue weighted by atomic mass is 10.1. The van der Waals surface area contributed by atoms with Gasteiger partial charge in [-0.25, -0.2) is 13.2 Å². The molecule has 0 unspecified atom stereocenters. The number of sulfone groups is 1. The van der Waals surface area contributed by atoms with Crippen LogP contribution in [0.5, 0.6) is 5.75 Å². The zero-order valence-electron chi connectivity index (χ0n) is 19.7. The van der Waals surface area contributed by atoms with Crippen LogP contribution < -0.4 is 10.2 Å². The topological polar surface area (TPSA) is 102 Å². The first kappa shape index (κ1) is 26.7. The summed E-state index contributed by atoms with van der Waals surface area (Å²) >= 11 is 5.96. The lowest BCUT2D eigenvalue weighted by Gasteiger charge is -2.14. The lowest BCUT2D eigenvalue weighted by molar-refractivity contribution is -0.211. The predicted octanol–water partition coefficient (Wildman–Crippen LogP) is 4.51. The van der Waals surface area contributed by atoms with Crippen LogP contribution >= 0.6 is 11.6 Å². The number of aliphatic hydroxyl groups is 1. The summed E-state index contributed by atoms with van der Waals surface area (Å²) in [7, 11) is -3.81. The molecule has 186 valence electrons. The van der Waals surface area contributed by atoms with Crippen molar-refractivity contribution in [3.05, 3.63) is 87.9 Å². The van der Waals surface area contributed by atoms with Gasteiger partial charge in [-0.3, -0.25) is 9.78 Å². The zero-order chi connectivity index (χ0) is 25.6. The quantitative estimate of drug-likeness (QED) is 0.232. The molecular formula is C26H28ClNO6S. The molecule has 35 heavy (non-hydrogen) atoms. The van der Waals surface area contributed by atoms with Gasteiger partial charge >= 0.3 is 5.97 Å². The van der Waals surface area contributed by atoms with Gasteiger partial charge in [0.1, 0.15) is 0 Å². The summed E-state index contributed by atoms with van der Waals surface area (Å²) in [6.07, 6.45) is -0.0133. The van der Waals surface area contributed by atoms with Gasteiger partial charge in [-0.15, -0.1) is 0 Å². The van der Waals surface area contributed by atoms with Crippen LogP contribution in [-0.2, 0) is 25.9 Å². The molecular weight excluding hydrogens is 490 g/mol. The van der Waals surface area contributed by atoms with Crippen molar-refractivity contribution in [2.24, 2.45) is 0 Å². The van der Waals surface area contributed by atoms with Gasteiger partial charge in [-0.05, 0) is 73.8 Å². The van der Waals surface area contributed by atoms with Crippen LogP contribution in [0, 0.1) is 13.8 Å². The number of aliphatic hydroxyl groups excluding tert-OH is 1. The number of rotatable bonds is 10. The first-order chi connectivity index (χ1) is 16.6. The van der Waals surface area contributed by atoms with Crippen molar-refractivity contribution in [2.45, 2.75) is 43.1 Å². The number of hydrogen-bond acceptors (Lipinski definition) is 7. The minimum absolute atomic E-state index is 0.0784. The summed E-state index contributed by atoms with van der Waals surface area (Å²) in [6.45, 7) is 5.52. The standard InChI is InChI=1S/C26H28ClNO6S/c1-17-7-12-25(18(2)26(17)34-33-19(3)29)35(31,32)23-10-8-20(9-11-23)13-14-28-16-24(30)21-5-4-6-22(27)15-21/h4-12,15,24,28,30H,13-14,16H2,1-3H3/t24-/m0/s1. The van der Waals surface area contributed by atoms with Crippen molar-refractivity contribution in [3.8, 4) is 5.75 Å². The number of carbonyl (C=O) groups excluding carboxylic acids is 1. The van der Waals surface area contributed by atoms with E-state index in [0.29, 0.717) is 35.7 Å². The Kier molecular flexibility index (Phi) is 8.91. The van der Waals surface area contributed by atoms with Crippen molar-refractivity contribution in [1.29, 1.82) is 0 Å². The maximum Gasteiger partial charge on any atom is 0.352 e. The molecule has 9 heteroatoms.